The molecule has 0 radical (unpaired) electrons. The highest BCUT2D eigenvalue weighted by atomic mass is 16.5. The van der Waals surface area contributed by atoms with Crippen molar-refractivity contribution in [3.63, 3.8) is 0 Å². The molecule has 1 aromatic carbocycles. The summed E-state index contributed by atoms with van der Waals surface area (Å²) < 4.78 is 5.34. The first-order valence-corrected chi connectivity index (χ1v) is 4.71. The summed E-state index contributed by atoms with van der Waals surface area (Å²) in [5.41, 5.74) is 0. The zero-order valence-corrected chi connectivity index (χ0v) is 8.40. The van der Waals surface area contributed by atoms with Crippen LogP contribution in [0.5, 0.6) is 5.75 Å². The third-order valence-corrected chi connectivity index (χ3v) is 1.73. The zero-order valence-electron chi connectivity index (χ0n) is 8.40. The van der Waals surface area contributed by atoms with Gasteiger partial charge in [0.1, 0.15) is 5.75 Å². The molecular weight excluding hydrogens is 190 g/mol. The van der Waals surface area contributed by atoms with Crippen LogP contribution in [0.25, 0.3) is 0 Å². The normalized spacial score (nSPS) is 9.00. The molecule has 1 amide bonds. The van der Waals surface area contributed by atoms with E-state index in [4.69, 9.17) is 11.2 Å². The van der Waals surface area contributed by atoms with Crippen molar-refractivity contribution in [2.45, 2.75) is 6.42 Å². The molecule has 1 rings (SSSR count). The maximum Gasteiger partial charge on any atom is 0.224 e. The molecule has 0 bridgehead atoms. The lowest BCUT2D eigenvalue weighted by molar-refractivity contribution is -0.121. The smallest absolute Gasteiger partial charge is 0.224 e. The summed E-state index contributed by atoms with van der Waals surface area (Å²) in [6, 6.07) is 9.37. The predicted molar refractivity (Wildman–Crippen MR) is 58.4 cm³/mol. The first-order chi connectivity index (χ1) is 7.33. The third kappa shape index (κ3) is 4.72. The fourth-order valence-corrected chi connectivity index (χ4v) is 1.02. The van der Waals surface area contributed by atoms with Crippen LogP contribution in [-0.4, -0.2) is 19.1 Å². The Bertz CT molecular complexity index is 340. The number of carbonyl (C=O) groups excluding carboxylic acids is 1. The van der Waals surface area contributed by atoms with E-state index in [9.17, 15) is 4.79 Å². The highest BCUT2D eigenvalue weighted by Crippen LogP contribution is 2.08. The van der Waals surface area contributed by atoms with E-state index in [0.717, 1.165) is 5.75 Å². The van der Waals surface area contributed by atoms with Gasteiger partial charge in [0.2, 0.25) is 5.91 Å². The number of hydrogen-bond donors (Lipinski definition) is 1. The van der Waals surface area contributed by atoms with Crippen LogP contribution in [0.3, 0.4) is 0 Å². The van der Waals surface area contributed by atoms with Crippen molar-refractivity contribution < 1.29 is 9.53 Å². The van der Waals surface area contributed by atoms with Gasteiger partial charge in [-0.05, 0) is 12.1 Å². The molecule has 78 valence electrons. The lowest BCUT2D eigenvalue weighted by Crippen LogP contribution is -2.25. The second-order valence-electron chi connectivity index (χ2n) is 2.89. The van der Waals surface area contributed by atoms with E-state index >= 15 is 0 Å². The number of ether oxygens (including phenoxy) is 1. The molecule has 0 aliphatic carbocycles. The van der Waals surface area contributed by atoms with Gasteiger partial charge in [-0.25, -0.2) is 0 Å². The molecule has 1 aromatic rings. The molecule has 0 aromatic heterocycles. The average molecular weight is 203 g/mol. The van der Waals surface area contributed by atoms with Crippen LogP contribution in [0.1, 0.15) is 6.42 Å². The summed E-state index contributed by atoms with van der Waals surface area (Å²) in [5.74, 6) is 3.01. The van der Waals surface area contributed by atoms with Gasteiger partial charge in [0, 0.05) is 0 Å². The topological polar surface area (TPSA) is 38.3 Å². The summed E-state index contributed by atoms with van der Waals surface area (Å²) in [6.45, 7) is 0.630. The summed E-state index contributed by atoms with van der Waals surface area (Å²) in [4.78, 5) is 11.1. The monoisotopic (exact) mass is 203 g/mol. The van der Waals surface area contributed by atoms with Crippen LogP contribution in [-0.2, 0) is 4.79 Å². The Morgan fingerprint density at radius 2 is 2.13 bits per heavy atom. The highest BCUT2D eigenvalue weighted by molar-refractivity contribution is 5.76. The van der Waals surface area contributed by atoms with Crippen LogP contribution in [0.2, 0.25) is 0 Å². The van der Waals surface area contributed by atoms with E-state index in [1.165, 1.54) is 0 Å². The molecular formula is C12H13NO2. The third-order valence-electron chi connectivity index (χ3n) is 1.73. The van der Waals surface area contributed by atoms with Gasteiger partial charge in [0.05, 0.1) is 19.6 Å². The number of carbonyl (C=O) groups is 1. The SMILES string of the molecule is C#CCNC(=O)CCOc1ccccc1. The van der Waals surface area contributed by atoms with E-state index in [1.54, 1.807) is 0 Å². The van der Waals surface area contributed by atoms with Crippen LogP contribution in [0.4, 0.5) is 0 Å². The lowest BCUT2D eigenvalue weighted by Gasteiger charge is -2.05. The second-order valence-corrected chi connectivity index (χ2v) is 2.89. The molecule has 0 saturated heterocycles. The van der Waals surface area contributed by atoms with Gasteiger partial charge in [0.15, 0.2) is 0 Å². The minimum atomic E-state index is -0.0936. The van der Waals surface area contributed by atoms with Crippen molar-refractivity contribution in [3.05, 3.63) is 30.3 Å². The van der Waals surface area contributed by atoms with Crippen molar-refractivity contribution in [2.75, 3.05) is 13.2 Å². The number of rotatable bonds is 5. The van der Waals surface area contributed by atoms with Crippen molar-refractivity contribution >= 4 is 5.91 Å². The molecule has 0 unspecified atom stereocenters. The van der Waals surface area contributed by atoms with Gasteiger partial charge in [-0.1, -0.05) is 24.1 Å². The Morgan fingerprint density at radius 3 is 2.80 bits per heavy atom. The number of nitrogens with one attached hydrogen (secondary N) is 1. The predicted octanol–water partition coefficient (Wildman–Crippen LogP) is 1.20. The molecule has 0 atom stereocenters. The fourth-order valence-electron chi connectivity index (χ4n) is 1.02. The maximum absolute atomic E-state index is 11.1. The Hall–Kier alpha value is -1.95. The molecule has 0 fully saturated rings. The van der Waals surface area contributed by atoms with Crippen LogP contribution >= 0.6 is 0 Å². The molecule has 0 spiro atoms. The minimum absolute atomic E-state index is 0.0936. The fraction of sp³-hybridized carbons (Fsp3) is 0.250. The van der Waals surface area contributed by atoms with E-state index in [0.29, 0.717) is 13.0 Å². The number of para-hydroxylation sites is 1. The Morgan fingerprint density at radius 1 is 1.40 bits per heavy atom. The molecule has 15 heavy (non-hydrogen) atoms. The molecule has 1 N–H and O–H groups in total. The maximum atomic E-state index is 11.1. The number of hydrogen-bond acceptors (Lipinski definition) is 2. The zero-order chi connectivity index (χ0) is 10.9. The first-order valence-electron chi connectivity index (χ1n) is 4.71. The first kappa shape index (κ1) is 11.1. The van der Waals surface area contributed by atoms with E-state index in [-0.39, 0.29) is 12.5 Å². The largest absolute Gasteiger partial charge is 0.493 e. The summed E-state index contributed by atoms with van der Waals surface area (Å²) in [6.07, 6.45) is 5.32. The molecule has 3 nitrogen and oxygen atoms in total. The Labute approximate surface area is 89.4 Å². The minimum Gasteiger partial charge on any atom is -0.493 e. The van der Waals surface area contributed by atoms with E-state index in [1.807, 2.05) is 30.3 Å². The summed E-state index contributed by atoms with van der Waals surface area (Å²) >= 11 is 0. The van der Waals surface area contributed by atoms with Crippen LogP contribution < -0.4 is 10.1 Å². The number of amides is 1. The van der Waals surface area contributed by atoms with Crippen molar-refractivity contribution in [1.82, 2.24) is 5.32 Å². The van der Waals surface area contributed by atoms with Crippen LogP contribution in [0, 0.1) is 12.3 Å². The van der Waals surface area contributed by atoms with Gasteiger partial charge in [0.25, 0.3) is 0 Å². The van der Waals surface area contributed by atoms with Crippen molar-refractivity contribution in [1.29, 1.82) is 0 Å². The standard InChI is InChI=1S/C12H13NO2/c1-2-9-13-12(14)8-10-15-11-6-4-3-5-7-11/h1,3-7H,8-10H2,(H,13,14). The second kappa shape index (κ2) is 6.50. The van der Waals surface area contributed by atoms with Gasteiger partial charge < -0.3 is 10.1 Å². The molecule has 3 heteroatoms. The molecule has 0 heterocycles. The summed E-state index contributed by atoms with van der Waals surface area (Å²) in [7, 11) is 0. The Balaban J connectivity index is 2.17. The van der Waals surface area contributed by atoms with Gasteiger partial charge in [-0.15, -0.1) is 6.42 Å². The van der Waals surface area contributed by atoms with Gasteiger partial charge in [-0.3, -0.25) is 4.79 Å². The van der Waals surface area contributed by atoms with E-state index in [2.05, 4.69) is 11.2 Å². The molecule has 0 saturated carbocycles. The lowest BCUT2D eigenvalue weighted by atomic mass is 10.3. The van der Waals surface area contributed by atoms with Crippen LogP contribution in [0.15, 0.2) is 30.3 Å². The van der Waals surface area contributed by atoms with Crippen molar-refractivity contribution in [3.8, 4) is 18.1 Å². The quantitative estimate of drug-likeness (QED) is 0.730. The van der Waals surface area contributed by atoms with Crippen molar-refractivity contribution in [2.24, 2.45) is 0 Å². The molecule has 0 aliphatic heterocycles. The average Bonchev–Trinajstić information content (AvgIpc) is 2.28. The summed E-state index contributed by atoms with van der Waals surface area (Å²) in [5, 5.41) is 2.56. The molecule has 0 aliphatic rings. The number of benzene rings is 1. The Kier molecular flexibility index (Phi) is 4.82. The number of terminal acetylenes is 1. The van der Waals surface area contributed by atoms with E-state index < -0.39 is 0 Å². The highest BCUT2D eigenvalue weighted by Gasteiger charge is 1.99. The van der Waals surface area contributed by atoms with Gasteiger partial charge in [-0.2, -0.15) is 0 Å². The van der Waals surface area contributed by atoms with Gasteiger partial charge >= 0.3 is 0 Å².